The van der Waals surface area contributed by atoms with Crippen molar-refractivity contribution >= 4 is 11.4 Å². The number of aromatic nitrogens is 1. The van der Waals surface area contributed by atoms with Crippen LogP contribution in [0.15, 0.2) is 42.6 Å². The highest BCUT2D eigenvalue weighted by Gasteiger charge is 2.07. The molecule has 112 valence electrons. The number of anilines is 2. The Kier molecular flexibility index (Phi) is 5.14. The van der Waals surface area contributed by atoms with Gasteiger partial charge in [0, 0.05) is 24.5 Å². The van der Waals surface area contributed by atoms with E-state index in [0.29, 0.717) is 0 Å². The highest BCUT2D eigenvalue weighted by molar-refractivity contribution is 5.55. The van der Waals surface area contributed by atoms with Crippen LogP contribution in [0.1, 0.15) is 32.5 Å². The average Bonchev–Trinajstić information content (AvgIpc) is 2.51. The highest BCUT2D eigenvalue weighted by atomic mass is 19.1. The molecule has 0 saturated carbocycles. The van der Waals surface area contributed by atoms with Crippen LogP contribution in [-0.2, 0) is 0 Å². The summed E-state index contributed by atoms with van der Waals surface area (Å²) in [4.78, 5) is 6.40. The van der Waals surface area contributed by atoms with Crippen molar-refractivity contribution in [3.63, 3.8) is 0 Å². The number of rotatable bonds is 6. The van der Waals surface area contributed by atoms with Gasteiger partial charge in [0.15, 0.2) is 0 Å². The molecule has 1 atom stereocenters. The predicted octanol–water partition coefficient (Wildman–Crippen LogP) is 4.24. The molecule has 0 fully saturated rings. The summed E-state index contributed by atoms with van der Waals surface area (Å²) in [6, 6.07) is 11.5. The van der Waals surface area contributed by atoms with Crippen molar-refractivity contribution in [1.29, 1.82) is 0 Å². The number of pyridine rings is 1. The lowest BCUT2D eigenvalue weighted by Gasteiger charge is -2.22. The zero-order valence-electron chi connectivity index (χ0n) is 12.8. The molecule has 0 amide bonds. The molecule has 1 N–H and O–H groups in total. The Bertz CT molecular complexity index is 547. The number of hydrogen-bond acceptors (Lipinski definition) is 3. The second kappa shape index (κ2) is 7.07. The molecule has 0 aliphatic heterocycles. The molecule has 0 bridgehead atoms. The molecule has 0 aliphatic rings. The molecular weight excluding hydrogens is 265 g/mol. The molecule has 4 heteroatoms. The summed E-state index contributed by atoms with van der Waals surface area (Å²) < 4.78 is 12.9. The lowest BCUT2D eigenvalue weighted by atomic mass is 10.2. The van der Waals surface area contributed by atoms with Crippen LogP contribution in [0.4, 0.5) is 15.8 Å². The smallest absolute Gasteiger partial charge is 0.141 e. The van der Waals surface area contributed by atoms with Crippen LogP contribution >= 0.6 is 0 Å². The van der Waals surface area contributed by atoms with Gasteiger partial charge in [0.2, 0.25) is 0 Å². The summed E-state index contributed by atoms with van der Waals surface area (Å²) in [5.74, 6) is -0.311. The van der Waals surface area contributed by atoms with Gasteiger partial charge in [0.25, 0.3) is 0 Å². The maximum absolute atomic E-state index is 12.9. The van der Waals surface area contributed by atoms with E-state index >= 15 is 0 Å². The molecule has 0 spiro atoms. The van der Waals surface area contributed by atoms with E-state index in [1.54, 1.807) is 6.07 Å². The maximum Gasteiger partial charge on any atom is 0.141 e. The largest absolute Gasteiger partial charge is 0.377 e. The Morgan fingerprint density at radius 1 is 1.10 bits per heavy atom. The van der Waals surface area contributed by atoms with Crippen molar-refractivity contribution in [3.8, 4) is 0 Å². The first-order valence-corrected chi connectivity index (χ1v) is 7.37. The quantitative estimate of drug-likeness (QED) is 0.861. The van der Waals surface area contributed by atoms with Gasteiger partial charge in [-0.2, -0.15) is 0 Å². The number of nitrogens with one attached hydrogen (secondary N) is 1. The van der Waals surface area contributed by atoms with E-state index in [4.69, 9.17) is 0 Å². The highest BCUT2D eigenvalue weighted by Crippen LogP contribution is 2.21. The van der Waals surface area contributed by atoms with Gasteiger partial charge in [0.05, 0.1) is 17.9 Å². The van der Waals surface area contributed by atoms with E-state index in [2.05, 4.69) is 53.3 Å². The SMILES string of the molecule is CCN(CC)c1ccc(NC(C)c2ccc(F)cn2)cc1. The first kappa shape index (κ1) is 15.3. The first-order chi connectivity index (χ1) is 10.1. The zero-order chi connectivity index (χ0) is 15.2. The number of halogens is 1. The fourth-order valence-electron chi connectivity index (χ4n) is 2.32. The van der Waals surface area contributed by atoms with Crippen molar-refractivity contribution in [3.05, 3.63) is 54.1 Å². The molecule has 2 aromatic rings. The molecule has 1 aromatic carbocycles. The molecule has 0 saturated heterocycles. The van der Waals surface area contributed by atoms with Crippen molar-refractivity contribution in [1.82, 2.24) is 4.98 Å². The van der Waals surface area contributed by atoms with E-state index in [0.717, 1.165) is 24.5 Å². The average molecular weight is 287 g/mol. The van der Waals surface area contributed by atoms with Gasteiger partial charge in [-0.05, 0) is 57.2 Å². The summed E-state index contributed by atoms with van der Waals surface area (Å²) in [5, 5.41) is 3.38. The van der Waals surface area contributed by atoms with Crippen LogP contribution < -0.4 is 10.2 Å². The molecule has 21 heavy (non-hydrogen) atoms. The third-order valence-electron chi connectivity index (χ3n) is 3.57. The van der Waals surface area contributed by atoms with Crippen LogP contribution in [0, 0.1) is 5.82 Å². The minimum Gasteiger partial charge on any atom is -0.377 e. The fourth-order valence-corrected chi connectivity index (χ4v) is 2.32. The van der Waals surface area contributed by atoms with E-state index in [-0.39, 0.29) is 11.9 Å². The lowest BCUT2D eigenvalue weighted by molar-refractivity contribution is 0.617. The van der Waals surface area contributed by atoms with Gasteiger partial charge >= 0.3 is 0 Å². The van der Waals surface area contributed by atoms with Gasteiger partial charge in [-0.3, -0.25) is 4.98 Å². The Balaban J connectivity index is 2.04. The van der Waals surface area contributed by atoms with Crippen molar-refractivity contribution in [2.24, 2.45) is 0 Å². The third-order valence-corrected chi connectivity index (χ3v) is 3.57. The molecular formula is C17H22FN3. The van der Waals surface area contributed by atoms with Gasteiger partial charge in [-0.15, -0.1) is 0 Å². The molecule has 1 aromatic heterocycles. The molecule has 0 radical (unpaired) electrons. The van der Waals surface area contributed by atoms with Gasteiger partial charge in [0.1, 0.15) is 5.82 Å². The van der Waals surface area contributed by atoms with Gasteiger partial charge in [-0.1, -0.05) is 0 Å². The molecule has 1 heterocycles. The Morgan fingerprint density at radius 2 is 1.76 bits per heavy atom. The normalized spacial score (nSPS) is 12.0. The number of hydrogen-bond donors (Lipinski definition) is 1. The second-order valence-corrected chi connectivity index (χ2v) is 4.99. The number of benzene rings is 1. The topological polar surface area (TPSA) is 28.2 Å². The van der Waals surface area contributed by atoms with E-state index in [1.807, 2.05) is 6.92 Å². The summed E-state index contributed by atoms with van der Waals surface area (Å²) in [7, 11) is 0. The predicted molar refractivity (Wildman–Crippen MR) is 86.2 cm³/mol. The molecule has 1 unspecified atom stereocenters. The van der Waals surface area contributed by atoms with Crippen LogP contribution in [0.2, 0.25) is 0 Å². The van der Waals surface area contributed by atoms with Crippen molar-refractivity contribution in [2.45, 2.75) is 26.8 Å². The Hall–Kier alpha value is -2.10. The summed E-state index contributed by atoms with van der Waals surface area (Å²) in [6.07, 6.45) is 1.25. The molecule has 0 aliphatic carbocycles. The van der Waals surface area contributed by atoms with E-state index in [9.17, 15) is 4.39 Å². The lowest BCUT2D eigenvalue weighted by Crippen LogP contribution is -2.21. The summed E-state index contributed by atoms with van der Waals surface area (Å²) in [5.41, 5.74) is 3.08. The van der Waals surface area contributed by atoms with Crippen LogP contribution in [0.25, 0.3) is 0 Å². The fraction of sp³-hybridized carbons (Fsp3) is 0.353. The monoisotopic (exact) mass is 287 g/mol. The molecule has 3 nitrogen and oxygen atoms in total. The zero-order valence-corrected chi connectivity index (χ0v) is 12.8. The standard InChI is InChI=1S/C17H22FN3/c1-4-21(5-2)16-9-7-15(8-10-16)20-13(3)17-11-6-14(18)12-19-17/h6-13,20H,4-5H2,1-3H3. The van der Waals surface area contributed by atoms with Crippen molar-refractivity contribution in [2.75, 3.05) is 23.3 Å². The van der Waals surface area contributed by atoms with E-state index in [1.165, 1.54) is 18.0 Å². The first-order valence-electron chi connectivity index (χ1n) is 7.37. The van der Waals surface area contributed by atoms with Crippen LogP contribution in [-0.4, -0.2) is 18.1 Å². The Morgan fingerprint density at radius 3 is 2.29 bits per heavy atom. The second-order valence-electron chi connectivity index (χ2n) is 4.99. The summed E-state index contributed by atoms with van der Waals surface area (Å²) >= 11 is 0. The van der Waals surface area contributed by atoms with Crippen molar-refractivity contribution < 1.29 is 4.39 Å². The maximum atomic E-state index is 12.9. The van der Waals surface area contributed by atoms with Crippen LogP contribution in [0.5, 0.6) is 0 Å². The van der Waals surface area contributed by atoms with Crippen LogP contribution in [0.3, 0.4) is 0 Å². The van der Waals surface area contributed by atoms with Gasteiger partial charge < -0.3 is 10.2 Å². The minimum atomic E-state index is -0.311. The van der Waals surface area contributed by atoms with Gasteiger partial charge in [-0.25, -0.2) is 4.39 Å². The number of nitrogens with zero attached hydrogens (tertiary/aromatic N) is 2. The van der Waals surface area contributed by atoms with E-state index < -0.39 is 0 Å². The summed E-state index contributed by atoms with van der Waals surface area (Å²) in [6.45, 7) is 8.31. The Labute approximate surface area is 125 Å². The minimum absolute atomic E-state index is 0.0323. The third kappa shape index (κ3) is 3.94. The molecule has 2 rings (SSSR count).